The predicted octanol–water partition coefficient (Wildman–Crippen LogP) is 2.74. The van der Waals surface area contributed by atoms with Crippen LogP contribution in [0.1, 0.15) is 5.69 Å². The van der Waals surface area contributed by atoms with E-state index in [1.54, 1.807) is 37.7 Å². The fourth-order valence-corrected chi connectivity index (χ4v) is 4.99. The van der Waals surface area contributed by atoms with Crippen molar-refractivity contribution >= 4 is 21.4 Å². The first-order valence-corrected chi connectivity index (χ1v) is 11.6. The van der Waals surface area contributed by atoms with Gasteiger partial charge in [0.25, 0.3) is 10.0 Å². The third-order valence-electron chi connectivity index (χ3n) is 5.42. The maximum Gasteiger partial charge on any atom is 0.263 e. The van der Waals surface area contributed by atoms with Crippen LogP contribution in [0.25, 0.3) is 5.69 Å². The van der Waals surface area contributed by atoms with Gasteiger partial charge in [-0.15, -0.1) is 0 Å². The number of ether oxygens (including phenoxy) is 1. The average molecular weight is 442 g/mol. The van der Waals surface area contributed by atoms with Gasteiger partial charge < -0.3 is 19.1 Å². The number of sulfonamides is 1. The van der Waals surface area contributed by atoms with Crippen molar-refractivity contribution in [3.8, 4) is 11.4 Å². The quantitative estimate of drug-likeness (QED) is 0.634. The molecular formula is C22H27N5O3S. The number of para-hydroxylation sites is 1. The minimum absolute atomic E-state index is 0.271. The van der Waals surface area contributed by atoms with Gasteiger partial charge in [-0.25, -0.2) is 13.4 Å². The predicted molar refractivity (Wildman–Crippen MR) is 122 cm³/mol. The molecule has 164 valence electrons. The molecule has 1 aliphatic rings. The number of methoxy groups -OCH3 is 1. The Morgan fingerprint density at radius 2 is 1.77 bits per heavy atom. The molecule has 9 heteroatoms. The minimum Gasteiger partial charge on any atom is -0.494 e. The second-order valence-corrected chi connectivity index (χ2v) is 9.32. The number of imidazole rings is 1. The van der Waals surface area contributed by atoms with E-state index < -0.39 is 10.0 Å². The maximum absolute atomic E-state index is 13.3. The van der Waals surface area contributed by atoms with Crippen LogP contribution in [0.4, 0.5) is 11.4 Å². The highest BCUT2D eigenvalue weighted by molar-refractivity contribution is 7.92. The maximum atomic E-state index is 13.3. The number of aryl methyl sites for hydroxylation is 1. The second-order valence-electron chi connectivity index (χ2n) is 7.67. The lowest BCUT2D eigenvalue weighted by Crippen LogP contribution is -2.45. The summed E-state index contributed by atoms with van der Waals surface area (Å²) >= 11 is 0. The molecule has 0 atom stereocenters. The van der Waals surface area contributed by atoms with E-state index in [0.29, 0.717) is 11.4 Å². The molecular weight excluding hydrogens is 414 g/mol. The molecule has 0 bridgehead atoms. The van der Waals surface area contributed by atoms with E-state index in [1.807, 2.05) is 35.9 Å². The summed E-state index contributed by atoms with van der Waals surface area (Å²) in [7, 11) is -0.153. The lowest BCUT2D eigenvalue weighted by atomic mass is 10.2. The molecule has 4 rings (SSSR count). The molecule has 8 nitrogen and oxygen atoms in total. The van der Waals surface area contributed by atoms with Crippen molar-refractivity contribution in [2.75, 3.05) is 50.0 Å². The molecule has 1 saturated heterocycles. The number of nitrogens with one attached hydrogen (secondary N) is 1. The molecule has 0 saturated carbocycles. The fourth-order valence-electron chi connectivity index (χ4n) is 3.71. The van der Waals surface area contributed by atoms with Crippen molar-refractivity contribution in [1.29, 1.82) is 0 Å². The van der Waals surface area contributed by atoms with Crippen molar-refractivity contribution < 1.29 is 13.2 Å². The van der Waals surface area contributed by atoms with E-state index in [4.69, 9.17) is 4.74 Å². The SMILES string of the molecule is COc1cc(NS(=O)(=O)c2ccccc2N2CCN(C)CC2)ccc1-n1cnc(C)c1. The number of aromatic nitrogens is 2. The van der Waals surface area contributed by atoms with Crippen molar-refractivity contribution in [3.05, 3.63) is 60.7 Å². The summed E-state index contributed by atoms with van der Waals surface area (Å²) in [6.45, 7) is 5.28. The molecule has 0 unspecified atom stereocenters. The molecule has 31 heavy (non-hydrogen) atoms. The highest BCUT2D eigenvalue weighted by atomic mass is 32.2. The van der Waals surface area contributed by atoms with Crippen molar-refractivity contribution in [3.63, 3.8) is 0 Å². The Bertz CT molecular complexity index is 1170. The van der Waals surface area contributed by atoms with Crippen molar-refractivity contribution in [1.82, 2.24) is 14.5 Å². The van der Waals surface area contributed by atoms with Crippen molar-refractivity contribution in [2.24, 2.45) is 0 Å². The highest BCUT2D eigenvalue weighted by Crippen LogP contribution is 2.31. The summed E-state index contributed by atoms with van der Waals surface area (Å²) in [6.07, 6.45) is 3.58. The van der Waals surface area contributed by atoms with Crippen LogP contribution in [-0.4, -0.2) is 63.2 Å². The van der Waals surface area contributed by atoms with Gasteiger partial charge in [0.1, 0.15) is 10.6 Å². The average Bonchev–Trinajstić information content (AvgIpc) is 3.20. The lowest BCUT2D eigenvalue weighted by molar-refractivity contribution is 0.312. The topological polar surface area (TPSA) is 79.7 Å². The molecule has 3 aromatic rings. The van der Waals surface area contributed by atoms with Crippen LogP contribution in [0.15, 0.2) is 59.9 Å². The number of piperazine rings is 1. The smallest absolute Gasteiger partial charge is 0.263 e. The van der Waals surface area contributed by atoms with Crippen LogP contribution in [0, 0.1) is 6.92 Å². The number of nitrogens with zero attached hydrogens (tertiary/aromatic N) is 4. The molecule has 1 aromatic heterocycles. The van der Waals surface area contributed by atoms with Crippen LogP contribution in [0.5, 0.6) is 5.75 Å². The Labute approximate surface area is 183 Å². The molecule has 1 fully saturated rings. The summed E-state index contributed by atoms with van der Waals surface area (Å²) in [6, 6.07) is 12.4. The summed E-state index contributed by atoms with van der Waals surface area (Å²) < 4.78 is 36.6. The van der Waals surface area contributed by atoms with Gasteiger partial charge in [0.2, 0.25) is 0 Å². The molecule has 0 radical (unpaired) electrons. The zero-order valence-corrected chi connectivity index (χ0v) is 18.8. The number of rotatable bonds is 6. The molecule has 1 aliphatic heterocycles. The number of anilines is 2. The molecule has 0 amide bonds. The molecule has 0 spiro atoms. The van der Waals surface area contributed by atoms with Crippen LogP contribution in [0.3, 0.4) is 0 Å². The Morgan fingerprint density at radius 3 is 2.45 bits per heavy atom. The van der Waals surface area contributed by atoms with E-state index in [0.717, 1.165) is 43.2 Å². The molecule has 2 aromatic carbocycles. The monoisotopic (exact) mass is 441 g/mol. The second kappa shape index (κ2) is 8.60. The number of hydrogen-bond donors (Lipinski definition) is 1. The van der Waals surface area contributed by atoms with E-state index in [1.165, 1.54) is 0 Å². The fraction of sp³-hybridized carbons (Fsp3) is 0.318. The Balaban J connectivity index is 1.62. The van der Waals surface area contributed by atoms with Crippen LogP contribution in [0.2, 0.25) is 0 Å². The van der Waals surface area contributed by atoms with Crippen LogP contribution in [-0.2, 0) is 10.0 Å². The first-order chi connectivity index (χ1) is 14.9. The normalized spacial score (nSPS) is 15.1. The molecule has 1 N–H and O–H groups in total. The van der Waals surface area contributed by atoms with Gasteiger partial charge in [-0.2, -0.15) is 0 Å². The van der Waals surface area contributed by atoms with Gasteiger partial charge in [-0.05, 0) is 38.2 Å². The van der Waals surface area contributed by atoms with Gasteiger partial charge >= 0.3 is 0 Å². The number of hydrogen-bond acceptors (Lipinski definition) is 6. The summed E-state index contributed by atoms with van der Waals surface area (Å²) in [4.78, 5) is 8.87. The number of benzene rings is 2. The first kappa shape index (κ1) is 21.2. The van der Waals surface area contributed by atoms with E-state index >= 15 is 0 Å². The first-order valence-electron chi connectivity index (χ1n) is 10.1. The van der Waals surface area contributed by atoms with E-state index in [-0.39, 0.29) is 4.90 Å². The Hall–Kier alpha value is -3.04. The van der Waals surface area contributed by atoms with Gasteiger partial charge in [-0.3, -0.25) is 4.72 Å². The third-order valence-corrected chi connectivity index (χ3v) is 6.85. The molecule has 0 aliphatic carbocycles. The summed E-state index contributed by atoms with van der Waals surface area (Å²) in [5.41, 5.74) is 2.82. The summed E-state index contributed by atoms with van der Waals surface area (Å²) in [5, 5.41) is 0. The Morgan fingerprint density at radius 1 is 1.03 bits per heavy atom. The van der Waals surface area contributed by atoms with E-state index in [9.17, 15) is 8.42 Å². The van der Waals surface area contributed by atoms with Gasteiger partial charge in [-0.1, -0.05) is 12.1 Å². The zero-order valence-electron chi connectivity index (χ0n) is 17.9. The summed E-state index contributed by atoms with van der Waals surface area (Å²) in [5.74, 6) is 0.546. The third kappa shape index (κ3) is 4.52. The van der Waals surface area contributed by atoms with Crippen LogP contribution < -0.4 is 14.4 Å². The minimum atomic E-state index is -3.79. The van der Waals surface area contributed by atoms with E-state index in [2.05, 4.69) is 26.6 Å². The van der Waals surface area contributed by atoms with Crippen molar-refractivity contribution in [2.45, 2.75) is 11.8 Å². The van der Waals surface area contributed by atoms with Gasteiger partial charge in [0.15, 0.2) is 0 Å². The van der Waals surface area contributed by atoms with Crippen LogP contribution >= 0.6 is 0 Å². The van der Waals surface area contributed by atoms with Gasteiger partial charge in [0, 0.05) is 38.4 Å². The zero-order chi connectivity index (χ0) is 22.0. The largest absolute Gasteiger partial charge is 0.494 e. The van der Waals surface area contributed by atoms with Gasteiger partial charge in [0.05, 0.1) is 36.2 Å². The highest BCUT2D eigenvalue weighted by Gasteiger charge is 2.24. The Kier molecular flexibility index (Phi) is 5.88. The lowest BCUT2D eigenvalue weighted by Gasteiger charge is -2.35. The number of likely N-dealkylation sites (N-methyl/N-ethyl adjacent to an activating group) is 1. The molecule has 2 heterocycles. The standard InChI is InChI=1S/C22H27N5O3S/c1-17-15-27(16-23-17)19-9-8-18(14-21(19)30-3)24-31(28,29)22-7-5-4-6-20(22)26-12-10-25(2)11-13-26/h4-9,14-16,24H,10-13H2,1-3H3.